The average Bonchev–Trinajstić information content (AvgIpc) is 3.01. The molecule has 0 aliphatic carbocycles. The molecule has 24 heavy (non-hydrogen) atoms. The van der Waals surface area contributed by atoms with Crippen LogP contribution in [0.1, 0.15) is 26.4 Å². The van der Waals surface area contributed by atoms with Crippen molar-refractivity contribution in [1.82, 2.24) is 14.6 Å². The molecule has 0 fully saturated rings. The average molecular weight is 363 g/mol. The molecule has 6 nitrogen and oxygen atoms in total. The maximum atomic E-state index is 12.7. The minimum absolute atomic E-state index is 0.0242. The Labute approximate surface area is 147 Å². The van der Waals surface area contributed by atoms with Gasteiger partial charge in [-0.1, -0.05) is 23.2 Å². The molecule has 3 heterocycles. The lowest BCUT2D eigenvalue weighted by molar-refractivity contribution is 0.0993. The molecule has 0 amide bonds. The quantitative estimate of drug-likeness (QED) is 0.556. The Morgan fingerprint density at radius 2 is 2.00 bits per heavy atom. The Bertz CT molecular complexity index is 932. The van der Waals surface area contributed by atoms with Crippen molar-refractivity contribution in [3.63, 3.8) is 0 Å². The molecule has 0 aliphatic heterocycles. The van der Waals surface area contributed by atoms with E-state index in [1.165, 1.54) is 16.9 Å². The Balaban J connectivity index is 2.07. The first-order valence-electron chi connectivity index (χ1n) is 7.02. The van der Waals surface area contributed by atoms with Gasteiger partial charge in [-0.3, -0.25) is 14.6 Å². The zero-order valence-corrected chi connectivity index (χ0v) is 14.1. The van der Waals surface area contributed by atoms with Crippen molar-refractivity contribution in [2.24, 2.45) is 0 Å². The molecule has 0 aliphatic rings. The highest BCUT2D eigenvalue weighted by molar-refractivity contribution is 6.36. The van der Waals surface area contributed by atoms with Gasteiger partial charge in [0, 0.05) is 37.0 Å². The number of anilines is 1. The van der Waals surface area contributed by atoms with Crippen molar-refractivity contribution in [3.05, 3.63) is 57.5 Å². The predicted molar refractivity (Wildman–Crippen MR) is 92.4 cm³/mol. The maximum absolute atomic E-state index is 12.7. The van der Waals surface area contributed by atoms with Crippen LogP contribution in [0.25, 0.3) is 5.52 Å². The van der Waals surface area contributed by atoms with E-state index < -0.39 is 0 Å². The van der Waals surface area contributed by atoms with Gasteiger partial charge in [-0.15, -0.1) is 0 Å². The van der Waals surface area contributed by atoms with Crippen molar-refractivity contribution in [1.29, 1.82) is 0 Å². The second-order valence-corrected chi connectivity index (χ2v) is 5.86. The molecular weight excluding hydrogens is 351 g/mol. The highest BCUT2D eigenvalue weighted by atomic mass is 35.5. The highest BCUT2D eigenvalue weighted by Gasteiger charge is 2.18. The van der Waals surface area contributed by atoms with E-state index in [0.29, 0.717) is 38.8 Å². The van der Waals surface area contributed by atoms with Gasteiger partial charge in [-0.25, -0.2) is 4.52 Å². The fourth-order valence-electron chi connectivity index (χ4n) is 2.44. The zero-order valence-electron chi connectivity index (χ0n) is 12.6. The van der Waals surface area contributed by atoms with Gasteiger partial charge < -0.3 is 5.32 Å². The molecule has 1 N–H and O–H groups in total. The molecule has 0 bridgehead atoms. The van der Waals surface area contributed by atoms with Gasteiger partial charge in [0.2, 0.25) is 0 Å². The Kier molecular flexibility index (Phi) is 4.51. The number of nitrogens with zero attached hydrogens (tertiary/aromatic N) is 3. The van der Waals surface area contributed by atoms with E-state index in [2.05, 4.69) is 15.4 Å². The van der Waals surface area contributed by atoms with Crippen LogP contribution in [-0.4, -0.2) is 33.7 Å². The summed E-state index contributed by atoms with van der Waals surface area (Å²) >= 11 is 12.2. The van der Waals surface area contributed by atoms with Crippen molar-refractivity contribution in [2.45, 2.75) is 6.42 Å². The molecule has 0 unspecified atom stereocenters. The number of ketones is 1. The van der Waals surface area contributed by atoms with E-state index >= 15 is 0 Å². The number of aromatic nitrogens is 3. The van der Waals surface area contributed by atoms with Crippen molar-refractivity contribution < 1.29 is 9.59 Å². The fraction of sp³-hybridized carbons (Fsp3) is 0.125. The van der Waals surface area contributed by atoms with Crippen LogP contribution in [-0.2, 0) is 6.42 Å². The summed E-state index contributed by atoms with van der Waals surface area (Å²) in [6, 6.07) is 4.97. The summed E-state index contributed by atoms with van der Waals surface area (Å²) in [5, 5.41) is 7.79. The lowest BCUT2D eigenvalue weighted by atomic mass is 10.0. The third-order valence-corrected chi connectivity index (χ3v) is 4.26. The van der Waals surface area contributed by atoms with E-state index in [4.69, 9.17) is 23.2 Å². The monoisotopic (exact) mass is 362 g/mol. The summed E-state index contributed by atoms with van der Waals surface area (Å²) in [4.78, 5) is 27.6. The topological polar surface area (TPSA) is 76.4 Å². The smallest absolute Gasteiger partial charge is 0.170 e. The zero-order chi connectivity index (χ0) is 17.3. The molecule has 0 saturated carbocycles. The van der Waals surface area contributed by atoms with Crippen molar-refractivity contribution in [2.75, 3.05) is 12.4 Å². The van der Waals surface area contributed by atoms with Gasteiger partial charge >= 0.3 is 0 Å². The molecule has 3 aromatic heterocycles. The Morgan fingerprint density at radius 3 is 2.62 bits per heavy atom. The van der Waals surface area contributed by atoms with Gasteiger partial charge in [0.25, 0.3) is 0 Å². The number of halogens is 2. The summed E-state index contributed by atoms with van der Waals surface area (Å²) < 4.78 is 1.52. The fourth-order valence-corrected chi connectivity index (χ4v) is 2.94. The lowest BCUT2D eigenvalue weighted by Gasteiger charge is -2.09. The molecular formula is C16H12Cl2N4O2. The van der Waals surface area contributed by atoms with Gasteiger partial charge in [0.05, 0.1) is 15.6 Å². The number of nitrogens with one attached hydrogen (secondary N) is 1. The number of rotatable bonds is 5. The molecule has 3 aromatic rings. The van der Waals surface area contributed by atoms with Gasteiger partial charge in [0.1, 0.15) is 11.5 Å². The van der Waals surface area contributed by atoms with Crippen LogP contribution in [0.5, 0.6) is 0 Å². The van der Waals surface area contributed by atoms with E-state index in [1.807, 2.05) is 0 Å². The van der Waals surface area contributed by atoms with Crippen LogP contribution in [0.4, 0.5) is 5.82 Å². The van der Waals surface area contributed by atoms with Gasteiger partial charge in [-0.05, 0) is 18.2 Å². The molecule has 0 radical (unpaired) electrons. The van der Waals surface area contributed by atoms with E-state index in [0.717, 1.165) is 0 Å². The highest BCUT2D eigenvalue weighted by Crippen LogP contribution is 2.26. The maximum Gasteiger partial charge on any atom is 0.170 e. The third-order valence-electron chi connectivity index (χ3n) is 3.61. The number of aldehydes is 1. The molecule has 3 rings (SSSR count). The first kappa shape index (κ1) is 16.4. The molecule has 0 spiro atoms. The Morgan fingerprint density at radius 1 is 1.29 bits per heavy atom. The number of pyridine rings is 2. The summed E-state index contributed by atoms with van der Waals surface area (Å²) in [5.74, 6) is 0.477. The molecule has 8 heteroatoms. The van der Waals surface area contributed by atoms with Crippen LogP contribution >= 0.6 is 23.2 Å². The standard InChI is InChI=1S/C16H12Cl2N4O2/c1-19-16-3-2-10(14-4-9(8-23)21-22(14)16)15(24)5-11-12(17)6-20-7-13(11)18/h2-4,6-8,19H,5H2,1H3. The molecule has 0 atom stereocenters. The number of carbonyl (C=O) groups is 2. The van der Waals surface area contributed by atoms with Gasteiger partial charge in [0.15, 0.2) is 12.1 Å². The van der Waals surface area contributed by atoms with E-state index in [9.17, 15) is 9.59 Å². The molecule has 122 valence electrons. The van der Waals surface area contributed by atoms with Gasteiger partial charge in [-0.2, -0.15) is 5.10 Å². The first-order chi connectivity index (χ1) is 11.5. The number of hydrogen-bond donors (Lipinski definition) is 1. The predicted octanol–water partition coefficient (Wildman–Crippen LogP) is 3.32. The minimum Gasteiger partial charge on any atom is -0.373 e. The van der Waals surface area contributed by atoms with Crippen LogP contribution in [0.3, 0.4) is 0 Å². The number of carbonyl (C=O) groups excluding carboxylic acids is 2. The normalized spacial score (nSPS) is 10.8. The second kappa shape index (κ2) is 6.59. The molecule has 0 saturated heterocycles. The summed E-state index contributed by atoms with van der Waals surface area (Å²) in [5.41, 5.74) is 1.73. The minimum atomic E-state index is -0.185. The number of fused-ring (bicyclic) bond motifs is 1. The van der Waals surface area contributed by atoms with Crippen LogP contribution in [0.2, 0.25) is 10.0 Å². The van der Waals surface area contributed by atoms with Crippen molar-refractivity contribution >= 4 is 46.6 Å². The van der Waals surface area contributed by atoms with Crippen molar-refractivity contribution in [3.8, 4) is 0 Å². The largest absolute Gasteiger partial charge is 0.373 e. The number of Topliss-reactive ketones (excluding diaryl/α,β-unsaturated/α-hetero) is 1. The first-order valence-corrected chi connectivity index (χ1v) is 7.77. The van der Waals surface area contributed by atoms with Crippen LogP contribution in [0, 0.1) is 0 Å². The van der Waals surface area contributed by atoms with E-state index in [1.54, 1.807) is 25.2 Å². The molecule has 0 aromatic carbocycles. The second-order valence-electron chi connectivity index (χ2n) is 5.05. The van der Waals surface area contributed by atoms with E-state index in [-0.39, 0.29) is 17.9 Å². The van der Waals surface area contributed by atoms with Crippen LogP contribution < -0.4 is 5.32 Å². The SMILES string of the molecule is CNc1ccc(C(=O)Cc2c(Cl)cncc2Cl)c2cc(C=O)nn12. The Hall–Kier alpha value is -2.44. The summed E-state index contributed by atoms with van der Waals surface area (Å²) in [6.45, 7) is 0. The van der Waals surface area contributed by atoms with Crippen LogP contribution in [0.15, 0.2) is 30.6 Å². The summed E-state index contributed by atoms with van der Waals surface area (Å²) in [7, 11) is 1.73. The number of hydrogen-bond acceptors (Lipinski definition) is 5. The third kappa shape index (κ3) is 2.86. The summed E-state index contributed by atoms with van der Waals surface area (Å²) in [6.07, 6.45) is 3.55. The lowest BCUT2D eigenvalue weighted by Crippen LogP contribution is -2.09.